The minimum atomic E-state index is 0.0853. The van der Waals surface area contributed by atoms with E-state index in [1.165, 1.54) is 0 Å². The fourth-order valence-corrected chi connectivity index (χ4v) is 1.32. The third-order valence-electron chi connectivity index (χ3n) is 1.77. The Labute approximate surface area is 79.8 Å². The van der Waals surface area contributed by atoms with E-state index in [1.807, 2.05) is 0 Å². The molecule has 2 aromatic rings. The molecule has 2 aromatic heterocycles. The molecule has 0 fully saturated rings. The number of aromatic nitrogens is 3. The van der Waals surface area contributed by atoms with Crippen LogP contribution in [-0.4, -0.2) is 26.3 Å². The van der Waals surface area contributed by atoms with Gasteiger partial charge in [0.15, 0.2) is 5.65 Å². The van der Waals surface area contributed by atoms with Crippen molar-refractivity contribution in [2.45, 2.75) is 6.42 Å². The molecular formula is C8H8ClN3O. The highest BCUT2D eigenvalue weighted by Crippen LogP contribution is 2.09. The van der Waals surface area contributed by atoms with Gasteiger partial charge in [0.2, 0.25) is 0 Å². The third-order valence-corrected chi connectivity index (χ3v) is 1.97. The van der Waals surface area contributed by atoms with Crippen molar-refractivity contribution in [1.29, 1.82) is 0 Å². The lowest BCUT2D eigenvalue weighted by Gasteiger charge is -1.97. The van der Waals surface area contributed by atoms with Crippen LogP contribution in [0.3, 0.4) is 0 Å². The molecule has 0 bridgehead atoms. The molecule has 2 rings (SSSR count). The molecule has 0 aliphatic carbocycles. The van der Waals surface area contributed by atoms with Gasteiger partial charge in [0.25, 0.3) is 0 Å². The first-order valence-corrected chi connectivity index (χ1v) is 4.29. The predicted molar refractivity (Wildman–Crippen MR) is 48.8 cm³/mol. The van der Waals surface area contributed by atoms with E-state index in [0.717, 1.165) is 11.3 Å². The van der Waals surface area contributed by atoms with Gasteiger partial charge >= 0.3 is 0 Å². The molecular weight excluding hydrogens is 190 g/mol. The molecule has 2 heterocycles. The van der Waals surface area contributed by atoms with Crippen LogP contribution in [0.5, 0.6) is 0 Å². The van der Waals surface area contributed by atoms with Gasteiger partial charge in [-0.1, -0.05) is 11.6 Å². The van der Waals surface area contributed by atoms with Crippen molar-refractivity contribution >= 4 is 17.2 Å². The predicted octanol–water partition coefficient (Wildman–Crippen LogP) is 0.917. The SMILES string of the molecule is OCCc1cnc2ccc(Cl)nn12. The van der Waals surface area contributed by atoms with Crippen molar-refractivity contribution in [3.05, 3.63) is 29.2 Å². The van der Waals surface area contributed by atoms with Crippen LogP contribution in [0.25, 0.3) is 5.65 Å². The first-order valence-electron chi connectivity index (χ1n) is 3.91. The molecule has 0 saturated heterocycles. The number of fused-ring (bicyclic) bond motifs is 1. The van der Waals surface area contributed by atoms with Crippen LogP contribution in [0.4, 0.5) is 0 Å². The summed E-state index contributed by atoms with van der Waals surface area (Å²) < 4.78 is 1.64. The van der Waals surface area contributed by atoms with E-state index in [2.05, 4.69) is 10.1 Å². The molecule has 0 saturated carbocycles. The standard InChI is InChI=1S/C8H8ClN3O/c9-7-1-2-8-10-5-6(3-4-13)12(8)11-7/h1-2,5,13H,3-4H2. The highest BCUT2D eigenvalue weighted by molar-refractivity contribution is 6.29. The zero-order chi connectivity index (χ0) is 9.26. The van der Waals surface area contributed by atoms with E-state index in [9.17, 15) is 0 Å². The molecule has 0 spiro atoms. The summed E-state index contributed by atoms with van der Waals surface area (Å²) >= 11 is 5.73. The van der Waals surface area contributed by atoms with E-state index in [-0.39, 0.29) is 6.61 Å². The van der Waals surface area contributed by atoms with Gasteiger partial charge in [0.1, 0.15) is 5.15 Å². The Morgan fingerprint density at radius 2 is 2.31 bits per heavy atom. The van der Waals surface area contributed by atoms with Crippen molar-refractivity contribution in [3.63, 3.8) is 0 Å². The lowest BCUT2D eigenvalue weighted by atomic mass is 10.3. The molecule has 0 atom stereocenters. The molecule has 0 radical (unpaired) electrons. The lowest BCUT2D eigenvalue weighted by Crippen LogP contribution is -1.99. The zero-order valence-corrected chi connectivity index (χ0v) is 7.57. The second-order valence-electron chi connectivity index (χ2n) is 2.65. The molecule has 0 aliphatic heterocycles. The molecule has 5 heteroatoms. The number of aliphatic hydroxyl groups excluding tert-OH is 1. The van der Waals surface area contributed by atoms with Crippen molar-refractivity contribution in [1.82, 2.24) is 14.6 Å². The maximum Gasteiger partial charge on any atom is 0.153 e. The van der Waals surface area contributed by atoms with Gasteiger partial charge in [-0.3, -0.25) is 0 Å². The monoisotopic (exact) mass is 197 g/mol. The van der Waals surface area contributed by atoms with Gasteiger partial charge < -0.3 is 5.11 Å². The minimum absolute atomic E-state index is 0.0853. The summed E-state index contributed by atoms with van der Waals surface area (Å²) in [6, 6.07) is 3.48. The lowest BCUT2D eigenvalue weighted by molar-refractivity contribution is 0.297. The highest BCUT2D eigenvalue weighted by atomic mass is 35.5. The maximum absolute atomic E-state index is 8.76. The van der Waals surface area contributed by atoms with Crippen LogP contribution >= 0.6 is 11.6 Å². The van der Waals surface area contributed by atoms with Gasteiger partial charge in [-0.25, -0.2) is 9.50 Å². The normalized spacial score (nSPS) is 10.9. The Hall–Kier alpha value is -1.13. The number of hydrogen-bond donors (Lipinski definition) is 1. The average molecular weight is 198 g/mol. The van der Waals surface area contributed by atoms with Gasteiger partial charge in [-0.05, 0) is 12.1 Å². The molecule has 68 valence electrons. The fraction of sp³-hybridized carbons (Fsp3) is 0.250. The number of nitrogens with zero attached hydrogens (tertiary/aromatic N) is 3. The van der Waals surface area contributed by atoms with Crippen molar-refractivity contribution in [3.8, 4) is 0 Å². The summed E-state index contributed by atoms with van der Waals surface area (Å²) in [6.45, 7) is 0.0853. The molecule has 0 aromatic carbocycles. The number of halogens is 1. The number of rotatable bonds is 2. The van der Waals surface area contributed by atoms with Gasteiger partial charge in [0.05, 0.1) is 11.9 Å². The summed E-state index contributed by atoms with van der Waals surface area (Å²) in [5.41, 5.74) is 1.60. The Morgan fingerprint density at radius 3 is 3.08 bits per heavy atom. The Bertz CT molecular complexity index is 426. The molecule has 0 amide bonds. The van der Waals surface area contributed by atoms with Gasteiger partial charge in [-0.2, -0.15) is 5.10 Å². The van der Waals surface area contributed by atoms with E-state index in [4.69, 9.17) is 16.7 Å². The third kappa shape index (κ3) is 1.50. The van der Waals surface area contributed by atoms with Crippen molar-refractivity contribution < 1.29 is 5.11 Å². The summed E-state index contributed by atoms with van der Waals surface area (Å²) in [5, 5.41) is 13.2. The summed E-state index contributed by atoms with van der Waals surface area (Å²) in [7, 11) is 0. The summed E-state index contributed by atoms with van der Waals surface area (Å²) in [5.74, 6) is 0. The van der Waals surface area contributed by atoms with Crippen LogP contribution < -0.4 is 0 Å². The Balaban J connectivity index is 2.58. The quantitative estimate of drug-likeness (QED) is 0.779. The van der Waals surface area contributed by atoms with E-state index in [0.29, 0.717) is 11.6 Å². The Morgan fingerprint density at radius 1 is 1.46 bits per heavy atom. The van der Waals surface area contributed by atoms with E-state index in [1.54, 1.807) is 22.8 Å². The second-order valence-corrected chi connectivity index (χ2v) is 3.04. The van der Waals surface area contributed by atoms with Crippen LogP contribution in [0.1, 0.15) is 5.69 Å². The van der Waals surface area contributed by atoms with E-state index >= 15 is 0 Å². The number of imidazole rings is 1. The summed E-state index contributed by atoms with van der Waals surface area (Å²) in [4.78, 5) is 4.11. The van der Waals surface area contributed by atoms with Gasteiger partial charge in [-0.15, -0.1) is 0 Å². The fourth-order valence-electron chi connectivity index (χ4n) is 1.18. The molecule has 0 unspecified atom stereocenters. The molecule has 1 N–H and O–H groups in total. The largest absolute Gasteiger partial charge is 0.396 e. The number of aliphatic hydroxyl groups is 1. The van der Waals surface area contributed by atoms with Crippen molar-refractivity contribution in [2.24, 2.45) is 0 Å². The van der Waals surface area contributed by atoms with Crippen LogP contribution in [0, 0.1) is 0 Å². The summed E-state index contributed by atoms with van der Waals surface area (Å²) in [6.07, 6.45) is 2.23. The molecule has 0 aliphatic rings. The Kier molecular flexibility index (Phi) is 2.16. The van der Waals surface area contributed by atoms with Crippen molar-refractivity contribution in [2.75, 3.05) is 6.61 Å². The number of hydrogen-bond acceptors (Lipinski definition) is 3. The van der Waals surface area contributed by atoms with Gasteiger partial charge in [0, 0.05) is 13.0 Å². The molecule has 13 heavy (non-hydrogen) atoms. The average Bonchev–Trinajstić information content (AvgIpc) is 2.49. The smallest absolute Gasteiger partial charge is 0.153 e. The molecule has 4 nitrogen and oxygen atoms in total. The minimum Gasteiger partial charge on any atom is -0.396 e. The van der Waals surface area contributed by atoms with Crippen LogP contribution in [0.15, 0.2) is 18.3 Å². The first kappa shape index (κ1) is 8.47. The van der Waals surface area contributed by atoms with E-state index < -0.39 is 0 Å². The van der Waals surface area contributed by atoms with Crippen LogP contribution in [-0.2, 0) is 6.42 Å². The van der Waals surface area contributed by atoms with Crippen LogP contribution in [0.2, 0.25) is 5.15 Å². The second kappa shape index (κ2) is 3.32. The zero-order valence-electron chi connectivity index (χ0n) is 6.81. The topological polar surface area (TPSA) is 50.4 Å². The first-order chi connectivity index (χ1) is 6.31. The highest BCUT2D eigenvalue weighted by Gasteiger charge is 2.03. The maximum atomic E-state index is 8.76.